The Morgan fingerprint density at radius 1 is 1.24 bits per heavy atom. The maximum Gasteiger partial charge on any atom is 0.416 e. The van der Waals surface area contributed by atoms with Crippen molar-refractivity contribution in [1.29, 1.82) is 0 Å². The van der Waals surface area contributed by atoms with Gasteiger partial charge in [0.2, 0.25) is 0 Å². The number of alkyl halides is 3. The second-order valence-corrected chi connectivity index (χ2v) is 5.77. The molecule has 0 saturated carbocycles. The molecule has 0 amide bonds. The molecular weight excluding hydrogens is 401 g/mol. The van der Waals surface area contributed by atoms with Crippen LogP contribution in [0.1, 0.15) is 18.1 Å². The zero-order valence-electron chi connectivity index (χ0n) is 13.5. The zero-order valence-corrected chi connectivity index (χ0v) is 15.1. The number of methoxy groups -OCH3 is 1. The molecule has 0 spiro atoms. The number of nitrogens with one attached hydrogen (secondary N) is 1. The fourth-order valence-corrected chi connectivity index (χ4v) is 2.69. The van der Waals surface area contributed by atoms with Crippen molar-refractivity contribution in [2.75, 3.05) is 19.1 Å². The van der Waals surface area contributed by atoms with E-state index in [1.54, 1.807) is 12.1 Å². The van der Waals surface area contributed by atoms with Crippen LogP contribution in [0.5, 0.6) is 11.5 Å². The van der Waals surface area contributed by atoms with Crippen molar-refractivity contribution in [2.45, 2.75) is 13.1 Å². The van der Waals surface area contributed by atoms with Crippen LogP contribution in [-0.2, 0) is 6.18 Å². The van der Waals surface area contributed by atoms with Crippen LogP contribution in [0.15, 0.2) is 46.0 Å². The van der Waals surface area contributed by atoms with Gasteiger partial charge in [0.05, 0.1) is 35.7 Å². The Bertz CT molecular complexity index is 764. The van der Waals surface area contributed by atoms with Crippen LogP contribution in [0.25, 0.3) is 0 Å². The van der Waals surface area contributed by atoms with Crippen molar-refractivity contribution >= 4 is 27.8 Å². The lowest BCUT2D eigenvalue weighted by atomic mass is 10.2. The van der Waals surface area contributed by atoms with E-state index >= 15 is 0 Å². The molecule has 8 heteroatoms. The number of anilines is 1. The molecule has 2 aromatic carbocycles. The largest absolute Gasteiger partial charge is 0.492 e. The molecule has 0 bridgehead atoms. The monoisotopic (exact) mass is 416 g/mol. The van der Waals surface area contributed by atoms with E-state index in [1.807, 2.05) is 6.92 Å². The summed E-state index contributed by atoms with van der Waals surface area (Å²) in [7, 11) is 1.53. The summed E-state index contributed by atoms with van der Waals surface area (Å²) >= 11 is 3.38. The SMILES string of the molecule is CCOc1cc(C=NNc2cccc(C(F)(F)F)c2)cc(Br)c1OC. The Hall–Kier alpha value is -2.22. The second kappa shape index (κ2) is 8.24. The van der Waals surface area contributed by atoms with Gasteiger partial charge in [0.15, 0.2) is 11.5 Å². The highest BCUT2D eigenvalue weighted by Gasteiger charge is 2.30. The Balaban J connectivity index is 2.17. The first-order valence-corrected chi connectivity index (χ1v) is 8.11. The van der Waals surface area contributed by atoms with Crippen molar-refractivity contribution in [3.63, 3.8) is 0 Å². The van der Waals surface area contributed by atoms with Gasteiger partial charge in [-0.25, -0.2) is 0 Å². The van der Waals surface area contributed by atoms with Gasteiger partial charge in [-0.05, 0) is 58.7 Å². The third kappa shape index (κ3) is 5.12. The minimum Gasteiger partial charge on any atom is -0.492 e. The van der Waals surface area contributed by atoms with E-state index < -0.39 is 11.7 Å². The third-order valence-electron chi connectivity index (χ3n) is 3.13. The molecule has 25 heavy (non-hydrogen) atoms. The van der Waals surface area contributed by atoms with Crippen LogP contribution >= 0.6 is 15.9 Å². The molecule has 0 aliphatic heterocycles. The molecule has 2 aromatic rings. The van der Waals surface area contributed by atoms with Crippen LogP contribution in [-0.4, -0.2) is 19.9 Å². The van der Waals surface area contributed by atoms with E-state index in [9.17, 15) is 13.2 Å². The van der Waals surface area contributed by atoms with Crippen LogP contribution in [0.4, 0.5) is 18.9 Å². The van der Waals surface area contributed by atoms with Gasteiger partial charge in [-0.1, -0.05) is 6.07 Å². The van der Waals surface area contributed by atoms with Crippen LogP contribution in [0.3, 0.4) is 0 Å². The van der Waals surface area contributed by atoms with Crippen LogP contribution in [0, 0.1) is 0 Å². The molecular formula is C17H16BrF3N2O2. The van der Waals surface area contributed by atoms with Crippen molar-refractivity contribution in [3.05, 3.63) is 52.0 Å². The molecule has 0 radical (unpaired) electrons. The van der Waals surface area contributed by atoms with Gasteiger partial charge in [-0.15, -0.1) is 0 Å². The van der Waals surface area contributed by atoms with Crippen molar-refractivity contribution < 1.29 is 22.6 Å². The molecule has 0 aromatic heterocycles. The average Bonchev–Trinajstić information content (AvgIpc) is 2.54. The fraction of sp³-hybridized carbons (Fsp3) is 0.235. The zero-order chi connectivity index (χ0) is 18.4. The summed E-state index contributed by atoms with van der Waals surface area (Å²) in [5, 5.41) is 3.97. The highest BCUT2D eigenvalue weighted by atomic mass is 79.9. The lowest BCUT2D eigenvalue weighted by Crippen LogP contribution is -2.05. The first kappa shape index (κ1) is 19.1. The molecule has 134 valence electrons. The number of hydrogen-bond acceptors (Lipinski definition) is 4. The molecule has 0 aliphatic carbocycles. The smallest absolute Gasteiger partial charge is 0.416 e. The highest BCUT2D eigenvalue weighted by Crippen LogP contribution is 2.36. The first-order chi connectivity index (χ1) is 11.8. The number of ether oxygens (including phenoxy) is 2. The van der Waals surface area contributed by atoms with Gasteiger partial charge in [-0.2, -0.15) is 18.3 Å². The summed E-state index contributed by atoms with van der Waals surface area (Å²) in [6.45, 7) is 2.31. The lowest BCUT2D eigenvalue weighted by Gasteiger charge is -2.12. The maximum absolute atomic E-state index is 12.7. The van der Waals surface area contributed by atoms with Gasteiger partial charge >= 0.3 is 6.18 Å². The normalized spacial score (nSPS) is 11.6. The molecule has 0 saturated heterocycles. The summed E-state index contributed by atoms with van der Waals surface area (Å²) in [6.07, 6.45) is -2.92. The molecule has 0 aliphatic rings. The van der Waals surface area contributed by atoms with Gasteiger partial charge in [0.25, 0.3) is 0 Å². The molecule has 0 atom stereocenters. The molecule has 2 rings (SSSR count). The average molecular weight is 417 g/mol. The maximum atomic E-state index is 12.7. The number of hydrogen-bond donors (Lipinski definition) is 1. The van der Waals surface area contributed by atoms with Crippen LogP contribution in [0.2, 0.25) is 0 Å². The summed E-state index contributed by atoms with van der Waals surface area (Å²) in [4.78, 5) is 0. The molecule has 0 heterocycles. The molecule has 0 fully saturated rings. The molecule has 1 N–H and O–H groups in total. The Morgan fingerprint density at radius 2 is 2.00 bits per heavy atom. The second-order valence-electron chi connectivity index (χ2n) is 4.92. The van der Waals surface area contributed by atoms with E-state index in [4.69, 9.17) is 9.47 Å². The third-order valence-corrected chi connectivity index (χ3v) is 3.72. The molecule has 4 nitrogen and oxygen atoms in total. The van der Waals surface area contributed by atoms with Gasteiger partial charge < -0.3 is 9.47 Å². The quantitative estimate of drug-likeness (QED) is 0.511. The summed E-state index contributed by atoms with van der Waals surface area (Å²) < 4.78 is 49.5. The number of halogens is 4. The Kier molecular flexibility index (Phi) is 6.30. The minimum absolute atomic E-state index is 0.240. The Labute approximate surface area is 151 Å². The van der Waals surface area contributed by atoms with Crippen LogP contribution < -0.4 is 14.9 Å². The van der Waals surface area contributed by atoms with Gasteiger partial charge in [0.1, 0.15) is 0 Å². The van der Waals surface area contributed by atoms with E-state index in [1.165, 1.54) is 25.5 Å². The predicted molar refractivity (Wildman–Crippen MR) is 94.5 cm³/mol. The Morgan fingerprint density at radius 3 is 2.64 bits per heavy atom. The minimum atomic E-state index is -4.39. The highest BCUT2D eigenvalue weighted by molar-refractivity contribution is 9.10. The van der Waals surface area contributed by atoms with Crippen molar-refractivity contribution in [3.8, 4) is 11.5 Å². The topological polar surface area (TPSA) is 42.8 Å². The van der Waals surface area contributed by atoms with E-state index in [2.05, 4.69) is 26.5 Å². The van der Waals surface area contributed by atoms with Gasteiger partial charge in [0, 0.05) is 0 Å². The lowest BCUT2D eigenvalue weighted by molar-refractivity contribution is -0.137. The van der Waals surface area contributed by atoms with Crippen molar-refractivity contribution in [1.82, 2.24) is 0 Å². The standard InChI is InChI=1S/C17H16BrF3N2O2/c1-3-25-15-8-11(7-14(18)16(15)24-2)10-22-23-13-6-4-5-12(9-13)17(19,20)21/h4-10,23H,3H2,1-2H3. The fourth-order valence-electron chi connectivity index (χ4n) is 2.07. The number of nitrogens with zero attached hydrogens (tertiary/aromatic N) is 1. The van der Waals surface area contributed by atoms with E-state index in [-0.39, 0.29) is 5.69 Å². The van der Waals surface area contributed by atoms with E-state index in [0.717, 1.165) is 12.1 Å². The van der Waals surface area contributed by atoms with Crippen molar-refractivity contribution in [2.24, 2.45) is 5.10 Å². The van der Waals surface area contributed by atoms with E-state index in [0.29, 0.717) is 28.1 Å². The summed E-state index contributed by atoms with van der Waals surface area (Å²) in [5.74, 6) is 1.10. The van der Waals surface area contributed by atoms with Gasteiger partial charge in [-0.3, -0.25) is 5.43 Å². The molecule has 0 unspecified atom stereocenters. The first-order valence-electron chi connectivity index (χ1n) is 7.31. The number of hydrazone groups is 1. The number of rotatable bonds is 6. The number of benzene rings is 2. The predicted octanol–water partition coefficient (Wildman–Crippen LogP) is 5.32. The summed E-state index contributed by atoms with van der Waals surface area (Å²) in [5.41, 5.74) is 2.78. The summed E-state index contributed by atoms with van der Waals surface area (Å²) in [6, 6.07) is 8.31.